The summed E-state index contributed by atoms with van der Waals surface area (Å²) in [7, 11) is 0. The number of carbonyl (C=O) groups excluding carboxylic acids is 1. The van der Waals surface area contributed by atoms with Crippen molar-refractivity contribution in [1.29, 1.82) is 0 Å². The highest BCUT2D eigenvalue weighted by Gasteiger charge is 2.20. The zero-order valence-electron chi connectivity index (χ0n) is 11.3. The van der Waals surface area contributed by atoms with Crippen LogP contribution in [0.15, 0.2) is 23.1 Å². The normalized spacial score (nSPS) is 11.4. The van der Waals surface area contributed by atoms with Crippen molar-refractivity contribution in [2.45, 2.75) is 50.2 Å². The van der Waals surface area contributed by atoms with Gasteiger partial charge in [0.15, 0.2) is 0 Å². The molecule has 18 heavy (non-hydrogen) atoms. The van der Waals surface area contributed by atoms with Crippen molar-refractivity contribution in [1.82, 2.24) is 0 Å². The van der Waals surface area contributed by atoms with Crippen molar-refractivity contribution in [3.63, 3.8) is 0 Å². The fourth-order valence-corrected chi connectivity index (χ4v) is 3.01. The number of halogens is 1. The first-order chi connectivity index (χ1) is 8.34. The van der Waals surface area contributed by atoms with Crippen LogP contribution in [0, 0.1) is 5.82 Å². The quantitative estimate of drug-likeness (QED) is 0.800. The summed E-state index contributed by atoms with van der Waals surface area (Å²) in [5.74, 6) is -0.475. The molecule has 0 saturated heterocycles. The minimum Gasteiger partial charge on any atom is -0.326 e. The molecule has 0 aliphatic carbocycles. The summed E-state index contributed by atoms with van der Waals surface area (Å²) in [5.41, 5.74) is 0.498. The Balaban J connectivity index is 2.82. The lowest BCUT2D eigenvalue weighted by molar-refractivity contribution is -0.114. The molecule has 4 heteroatoms. The Morgan fingerprint density at radius 2 is 2.11 bits per heavy atom. The maximum absolute atomic E-state index is 13.9. The Bertz CT molecular complexity index is 432. The number of thioether (sulfide) groups is 1. The van der Waals surface area contributed by atoms with Gasteiger partial charge < -0.3 is 5.32 Å². The second kappa shape index (κ2) is 6.23. The Hall–Kier alpha value is -1.03. The van der Waals surface area contributed by atoms with Crippen molar-refractivity contribution in [3.8, 4) is 0 Å². The molecule has 0 saturated carbocycles. The summed E-state index contributed by atoms with van der Waals surface area (Å²) < 4.78 is 13.9. The highest BCUT2D eigenvalue weighted by Crippen LogP contribution is 2.37. The van der Waals surface area contributed by atoms with Crippen LogP contribution in [0.1, 0.15) is 40.5 Å². The molecule has 0 bridgehead atoms. The summed E-state index contributed by atoms with van der Waals surface area (Å²) >= 11 is 1.54. The molecule has 2 nitrogen and oxygen atoms in total. The molecule has 0 fully saturated rings. The third-order valence-electron chi connectivity index (χ3n) is 2.49. The van der Waals surface area contributed by atoms with E-state index in [1.807, 2.05) is 0 Å². The molecule has 0 radical (unpaired) electrons. The molecular weight excluding hydrogens is 249 g/mol. The minimum absolute atomic E-state index is 0.0190. The summed E-state index contributed by atoms with van der Waals surface area (Å²) in [6.45, 7) is 7.76. The lowest BCUT2D eigenvalue weighted by Gasteiger charge is -2.23. The topological polar surface area (TPSA) is 29.1 Å². The Morgan fingerprint density at radius 1 is 1.44 bits per heavy atom. The smallest absolute Gasteiger partial charge is 0.221 e. The van der Waals surface area contributed by atoms with Gasteiger partial charge in [-0.1, -0.05) is 27.2 Å². The second-order valence-corrected chi connectivity index (χ2v) is 6.69. The third-order valence-corrected chi connectivity index (χ3v) is 3.80. The van der Waals surface area contributed by atoms with Crippen LogP contribution >= 0.6 is 11.8 Å². The minimum atomic E-state index is -0.282. The average molecular weight is 269 g/mol. The Kier molecular flexibility index (Phi) is 5.20. The van der Waals surface area contributed by atoms with Crippen LogP contribution in [0.3, 0.4) is 0 Å². The molecule has 1 rings (SSSR count). The molecule has 1 aromatic carbocycles. The second-order valence-electron chi connectivity index (χ2n) is 4.94. The average Bonchev–Trinajstić information content (AvgIpc) is 2.21. The molecule has 0 heterocycles. The third kappa shape index (κ3) is 4.69. The fourth-order valence-electron chi connectivity index (χ4n) is 1.82. The number of nitrogens with one attached hydrogen (secondary N) is 1. The first-order valence-corrected chi connectivity index (χ1v) is 6.92. The highest BCUT2D eigenvalue weighted by molar-refractivity contribution is 8.00. The van der Waals surface area contributed by atoms with Crippen LogP contribution < -0.4 is 5.32 Å². The first-order valence-electron chi connectivity index (χ1n) is 6.10. The number of rotatable bonds is 5. The predicted molar refractivity (Wildman–Crippen MR) is 75.5 cm³/mol. The Labute approximate surface area is 112 Å². The maximum Gasteiger partial charge on any atom is 0.221 e. The molecule has 1 amide bonds. The van der Waals surface area contributed by atoms with Crippen molar-refractivity contribution in [2.24, 2.45) is 0 Å². The van der Waals surface area contributed by atoms with E-state index >= 15 is 0 Å². The van der Waals surface area contributed by atoms with Gasteiger partial charge in [-0.25, -0.2) is 4.39 Å². The van der Waals surface area contributed by atoms with Crippen LogP contribution in [0.2, 0.25) is 0 Å². The van der Waals surface area contributed by atoms with Gasteiger partial charge in [0.05, 0.1) is 0 Å². The van der Waals surface area contributed by atoms with E-state index in [0.717, 1.165) is 12.8 Å². The largest absolute Gasteiger partial charge is 0.326 e. The van der Waals surface area contributed by atoms with Crippen LogP contribution in [-0.2, 0) is 4.79 Å². The monoisotopic (exact) mass is 269 g/mol. The molecule has 0 aliphatic rings. The predicted octanol–water partition coefficient (Wildman–Crippen LogP) is 4.45. The Morgan fingerprint density at radius 3 is 2.61 bits per heavy atom. The fraction of sp³-hybridized carbons (Fsp3) is 0.500. The van der Waals surface area contributed by atoms with Crippen molar-refractivity contribution >= 4 is 23.4 Å². The van der Waals surface area contributed by atoms with Crippen LogP contribution in [0.4, 0.5) is 10.1 Å². The summed E-state index contributed by atoms with van der Waals surface area (Å²) in [5, 5.41) is 2.57. The molecule has 0 atom stereocenters. The molecule has 100 valence electrons. The van der Waals surface area contributed by atoms with Gasteiger partial charge in [0, 0.05) is 22.3 Å². The number of hydrogen-bond acceptors (Lipinski definition) is 2. The molecule has 1 N–H and O–H groups in total. The zero-order chi connectivity index (χ0) is 13.8. The van der Waals surface area contributed by atoms with Crippen LogP contribution in [0.5, 0.6) is 0 Å². The van der Waals surface area contributed by atoms with E-state index in [1.54, 1.807) is 12.1 Å². The first kappa shape index (κ1) is 15.0. The van der Waals surface area contributed by atoms with E-state index in [2.05, 4.69) is 26.1 Å². The standard InChI is InChI=1S/C14H20FNOS/c1-5-8-14(3,4)18-13-7-6-11(9-12(13)15)16-10(2)17/h6-7,9H,5,8H2,1-4H3,(H,16,17). The van der Waals surface area contributed by atoms with Crippen LogP contribution in [-0.4, -0.2) is 10.7 Å². The molecule has 0 unspecified atom stereocenters. The molecule has 0 aliphatic heterocycles. The van der Waals surface area contributed by atoms with Crippen LogP contribution in [0.25, 0.3) is 0 Å². The summed E-state index contributed by atoms with van der Waals surface area (Å²) in [6.07, 6.45) is 2.11. The molecular formula is C14H20FNOS. The number of hydrogen-bond donors (Lipinski definition) is 1. The van der Waals surface area contributed by atoms with Gasteiger partial charge in [-0.15, -0.1) is 11.8 Å². The van der Waals surface area contributed by atoms with Gasteiger partial charge in [-0.2, -0.15) is 0 Å². The van der Waals surface area contributed by atoms with E-state index in [0.29, 0.717) is 10.6 Å². The van der Waals surface area contributed by atoms with Crippen molar-refractivity contribution in [3.05, 3.63) is 24.0 Å². The lowest BCUT2D eigenvalue weighted by atomic mass is 10.1. The zero-order valence-corrected chi connectivity index (χ0v) is 12.2. The molecule has 0 aromatic heterocycles. The summed E-state index contributed by atoms with van der Waals surface area (Å²) in [4.78, 5) is 11.5. The highest BCUT2D eigenvalue weighted by atomic mass is 32.2. The SMILES string of the molecule is CCCC(C)(C)Sc1ccc(NC(C)=O)cc1F. The lowest BCUT2D eigenvalue weighted by Crippen LogP contribution is -2.14. The van der Waals surface area contributed by atoms with Gasteiger partial charge in [-0.3, -0.25) is 4.79 Å². The number of amides is 1. The van der Waals surface area contributed by atoms with Gasteiger partial charge >= 0.3 is 0 Å². The maximum atomic E-state index is 13.9. The number of anilines is 1. The van der Waals surface area contributed by atoms with E-state index < -0.39 is 0 Å². The number of carbonyl (C=O) groups is 1. The van der Waals surface area contributed by atoms with E-state index in [-0.39, 0.29) is 16.5 Å². The van der Waals surface area contributed by atoms with E-state index in [4.69, 9.17) is 0 Å². The van der Waals surface area contributed by atoms with Gasteiger partial charge in [0.2, 0.25) is 5.91 Å². The van der Waals surface area contributed by atoms with Crippen molar-refractivity contribution in [2.75, 3.05) is 5.32 Å². The van der Waals surface area contributed by atoms with Gasteiger partial charge in [0.1, 0.15) is 5.82 Å². The van der Waals surface area contributed by atoms with E-state index in [1.165, 1.54) is 24.8 Å². The van der Waals surface area contributed by atoms with E-state index in [9.17, 15) is 9.18 Å². The molecule has 0 spiro atoms. The van der Waals surface area contributed by atoms with Gasteiger partial charge in [0.25, 0.3) is 0 Å². The van der Waals surface area contributed by atoms with Crippen molar-refractivity contribution < 1.29 is 9.18 Å². The summed E-state index contributed by atoms with van der Waals surface area (Å²) in [6, 6.07) is 4.82. The van der Waals surface area contributed by atoms with Gasteiger partial charge in [-0.05, 0) is 24.6 Å². The number of benzene rings is 1. The molecule has 1 aromatic rings.